The molecule has 0 saturated heterocycles. The summed E-state index contributed by atoms with van der Waals surface area (Å²) in [6.07, 6.45) is 4.03. The summed E-state index contributed by atoms with van der Waals surface area (Å²) >= 11 is 0. The highest BCUT2D eigenvalue weighted by Crippen LogP contribution is 2.30. The number of nitrogens with zero attached hydrogens (tertiary/aromatic N) is 2. The standard InChI is InChI=1S/C33H26N2O5/c1-40-29-15-22(14-28(16-29)33(38)39)20-35-12-10-24-6-8-26(18-31(24)35)25-7-5-23-9-11-34(30(23)17-25)19-21-3-2-4-27(13-21)32(36)37/h2-18H,19-20H2,1H3,(H,36,37)(H,38,39). The van der Waals surface area contributed by atoms with Crippen LogP contribution in [-0.4, -0.2) is 38.4 Å². The van der Waals surface area contributed by atoms with Crippen LogP contribution in [0.3, 0.4) is 0 Å². The minimum absolute atomic E-state index is 0.192. The molecule has 0 radical (unpaired) electrons. The van der Waals surface area contributed by atoms with E-state index in [4.69, 9.17) is 4.74 Å². The third kappa shape index (κ3) is 4.80. The second-order valence-electron chi connectivity index (χ2n) is 9.81. The molecule has 0 atom stereocenters. The number of hydrogen-bond acceptors (Lipinski definition) is 3. The minimum Gasteiger partial charge on any atom is -0.497 e. The molecule has 6 aromatic rings. The van der Waals surface area contributed by atoms with E-state index in [1.165, 1.54) is 13.2 Å². The molecule has 6 rings (SSSR count). The van der Waals surface area contributed by atoms with Gasteiger partial charge in [-0.3, -0.25) is 0 Å². The van der Waals surface area contributed by atoms with Gasteiger partial charge in [-0.2, -0.15) is 0 Å². The van der Waals surface area contributed by atoms with Crippen molar-refractivity contribution in [2.75, 3.05) is 7.11 Å². The van der Waals surface area contributed by atoms with E-state index in [-0.39, 0.29) is 11.1 Å². The van der Waals surface area contributed by atoms with Crippen LogP contribution < -0.4 is 4.74 Å². The van der Waals surface area contributed by atoms with Crippen LogP contribution in [0, 0.1) is 0 Å². The molecule has 0 amide bonds. The zero-order chi connectivity index (χ0) is 27.8. The van der Waals surface area contributed by atoms with E-state index in [2.05, 4.69) is 57.7 Å². The number of aromatic nitrogens is 2. The molecule has 0 unspecified atom stereocenters. The SMILES string of the molecule is COc1cc(Cn2ccc3ccc(-c4ccc5ccn(Cc6cccc(C(=O)O)c6)c5c4)cc32)cc(C(=O)O)c1. The Morgan fingerprint density at radius 2 is 1.23 bits per heavy atom. The van der Waals surface area contributed by atoms with Gasteiger partial charge in [0.1, 0.15) is 5.75 Å². The number of benzene rings is 4. The topological polar surface area (TPSA) is 93.7 Å². The van der Waals surface area contributed by atoms with Crippen LogP contribution in [0.1, 0.15) is 31.8 Å². The quantitative estimate of drug-likeness (QED) is 0.227. The lowest BCUT2D eigenvalue weighted by atomic mass is 10.0. The first-order chi connectivity index (χ1) is 19.4. The number of ether oxygens (including phenoxy) is 1. The number of rotatable bonds is 8. The Hall–Kier alpha value is -5.30. The Kier molecular flexibility index (Phi) is 6.32. The average Bonchev–Trinajstić information content (AvgIpc) is 3.56. The smallest absolute Gasteiger partial charge is 0.335 e. The number of carboxylic acid groups (broad SMARTS) is 2. The fourth-order valence-corrected chi connectivity index (χ4v) is 5.19. The molecule has 7 heteroatoms. The number of hydrogen-bond donors (Lipinski definition) is 2. The summed E-state index contributed by atoms with van der Waals surface area (Å²) in [5.74, 6) is -1.41. The van der Waals surface area contributed by atoms with Crippen molar-refractivity contribution in [3.8, 4) is 16.9 Å². The number of fused-ring (bicyclic) bond motifs is 2. The van der Waals surface area contributed by atoms with Gasteiger partial charge >= 0.3 is 11.9 Å². The molecular formula is C33H26N2O5. The summed E-state index contributed by atoms with van der Waals surface area (Å²) in [6.45, 7) is 1.07. The molecule has 7 nitrogen and oxygen atoms in total. The largest absolute Gasteiger partial charge is 0.497 e. The van der Waals surface area contributed by atoms with Gasteiger partial charge in [0.05, 0.1) is 18.2 Å². The molecule has 40 heavy (non-hydrogen) atoms. The lowest BCUT2D eigenvalue weighted by molar-refractivity contribution is 0.0686. The van der Waals surface area contributed by atoms with Crippen molar-refractivity contribution in [2.45, 2.75) is 13.1 Å². The average molecular weight is 531 g/mol. The molecule has 0 spiro atoms. The number of aromatic carboxylic acids is 2. The molecule has 0 aliphatic carbocycles. The zero-order valence-corrected chi connectivity index (χ0v) is 21.7. The maximum absolute atomic E-state index is 11.6. The number of methoxy groups -OCH3 is 1. The Balaban J connectivity index is 1.34. The Morgan fingerprint density at radius 1 is 0.650 bits per heavy atom. The van der Waals surface area contributed by atoms with Crippen molar-refractivity contribution in [1.82, 2.24) is 9.13 Å². The Bertz CT molecular complexity index is 1910. The molecule has 4 aromatic carbocycles. The van der Waals surface area contributed by atoms with Crippen molar-refractivity contribution in [3.63, 3.8) is 0 Å². The van der Waals surface area contributed by atoms with Gasteiger partial charge < -0.3 is 24.1 Å². The second-order valence-corrected chi connectivity index (χ2v) is 9.81. The highest BCUT2D eigenvalue weighted by atomic mass is 16.5. The van der Waals surface area contributed by atoms with Crippen molar-refractivity contribution in [2.24, 2.45) is 0 Å². The monoisotopic (exact) mass is 530 g/mol. The molecule has 0 fully saturated rings. The predicted molar refractivity (Wildman–Crippen MR) is 154 cm³/mol. The van der Waals surface area contributed by atoms with Gasteiger partial charge in [-0.25, -0.2) is 9.59 Å². The van der Waals surface area contributed by atoms with Gasteiger partial charge in [0.25, 0.3) is 0 Å². The third-order valence-electron chi connectivity index (χ3n) is 7.21. The van der Waals surface area contributed by atoms with Crippen LogP contribution in [0.4, 0.5) is 0 Å². The van der Waals surface area contributed by atoms with Crippen LogP contribution >= 0.6 is 0 Å². The van der Waals surface area contributed by atoms with Gasteiger partial charge in [-0.05, 0) is 87.6 Å². The molecule has 2 aromatic heterocycles. The number of carbonyl (C=O) groups is 2. The Morgan fingerprint density at radius 3 is 1.80 bits per heavy atom. The van der Waals surface area contributed by atoms with Crippen molar-refractivity contribution in [1.29, 1.82) is 0 Å². The number of carboxylic acids is 2. The van der Waals surface area contributed by atoms with E-state index in [1.54, 1.807) is 24.3 Å². The van der Waals surface area contributed by atoms with Crippen LogP contribution in [0.25, 0.3) is 32.9 Å². The van der Waals surface area contributed by atoms with Crippen molar-refractivity contribution >= 4 is 33.7 Å². The van der Waals surface area contributed by atoms with E-state index < -0.39 is 11.9 Å². The van der Waals surface area contributed by atoms with Crippen LogP contribution in [0.15, 0.2) is 103 Å². The van der Waals surface area contributed by atoms with E-state index in [1.807, 2.05) is 24.5 Å². The first-order valence-corrected chi connectivity index (χ1v) is 12.8. The predicted octanol–water partition coefficient (Wildman–Crippen LogP) is 6.76. The molecule has 2 heterocycles. The minimum atomic E-state index is -0.991. The molecule has 0 saturated carbocycles. The van der Waals surface area contributed by atoms with E-state index >= 15 is 0 Å². The van der Waals surface area contributed by atoms with Gasteiger partial charge in [-0.1, -0.05) is 36.4 Å². The van der Waals surface area contributed by atoms with E-state index in [0.717, 1.165) is 44.1 Å². The third-order valence-corrected chi connectivity index (χ3v) is 7.21. The summed E-state index contributed by atoms with van der Waals surface area (Å²) in [6, 6.07) is 28.9. The summed E-state index contributed by atoms with van der Waals surface area (Å²) in [4.78, 5) is 23.0. The maximum Gasteiger partial charge on any atom is 0.335 e. The highest BCUT2D eigenvalue weighted by Gasteiger charge is 2.11. The Labute approximate surface area is 230 Å². The van der Waals surface area contributed by atoms with Gasteiger partial charge in [0.15, 0.2) is 0 Å². The van der Waals surface area contributed by atoms with Crippen LogP contribution in [0.5, 0.6) is 5.75 Å². The normalized spacial score (nSPS) is 11.2. The summed E-state index contributed by atoms with van der Waals surface area (Å²) in [7, 11) is 1.53. The van der Waals surface area contributed by atoms with Gasteiger partial charge in [-0.15, -0.1) is 0 Å². The van der Waals surface area contributed by atoms with Gasteiger partial charge in [0, 0.05) is 36.5 Å². The molecule has 0 aliphatic heterocycles. The lowest BCUT2D eigenvalue weighted by Gasteiger charge is -2.11. The summed E-state index contributed by atoms with van der Waals surface area (Å²) < 4.78 is 9.56. The van der Waals surface area contributed by atoms with Crippen LogP contribution in [-0.2, 0) is 13.1 Å². The molecule has 0 aliphatic rings. The zero-order valence-electron chi connectivity index (χ0n) is 21.7. The first-order valence-electron chi connectivity index (χ1n) is 12.8. The molecule has 0 bridgehead atoms. The fraction of sp³-hybridized carbons (Fsp3) is 0.0909. The maximum atomic E-state index is 11.6. The fourth-order valence-electron chi connectivity index (χ4n) is 5.19. The van der Waals surface area contributed by atoms with Gasteiger partial charge in [0.2, 0.25) is 0 Å². The summed E-state index contributed by atoms with van der Waals surface area (Å²) in [5.41, 5.74) is 6.46. The van der Waals surface area contributed by atoms with E-state index in [9.17, 15) is 19.8 Å². The first kappa shape index (κ1) is 25.0. The lowest BCUT2D eigenvalue weighted by Crippen LogP contribution is -2.03. The van der Waals surface area contributed by atoms with Crippen molar-refractivity contribution in [3.05, 3.63) is 126 Å². The summed E-state index contributed by atoms with van der Waals surface area (Å²) in [5, 5.41) is 21.0. The van der Waals surface area contributed by atoms with Crippen LogP contribution in [0.2, 0.25) is 0 Å². The second kappa shape index (κ2) is 10.1. The highest BCUT2D eigenvalue weighted by molar-refractivity contribution is 5.90. The van der Waals surface area contributed by atoms with Crippen molar-refractivity contribution < 1.29 is 24.5 Å². The molecular weight excluding hydrogens is 504 g/mol. The molecule has 198 valence electrons. The van der Waals surface area contributed by atoms with E-state index in [0.29, 0.717) is 18.8 Å². The molecule has 2 N–H and O–H groups in total.